The van der Waals surface area contributed by atoms with Gasteiger partial charge in [-0.1, -0.05) is 12.2 Å². The fourth-order valence-corrected chi connectivity index (χ4v) is 2.46. The summed E-state index contributed by atoms with van der Waals surface area (Å²) in [5, 5.41) is 28.1. The van der Waals surface area contributed by atoms with E-state index in [-0.39, 0.29) is 19.1 Å². The summed E-state index contributed by atoms with van der Waals surface area (Å²) < 4.78 is 5.43. The molecule has 4 atom stereocenters. The summed E-state index contributed by atoms with van der Waals surface area (Å²) in [6, 6.07) is 0. The van der Waals surface area contributed by atoms with Crippen molar-refractivity contribution in [1.29, 1.82) is 0 Å². The van der Waals surface area contributed by atoms with E-state index in [2.05, 4.69) is 6.58 Å². The van der Waals surface area contributed by atoms with E-state index in [1.54, 1.807) is 0 Å². The lowest BCUT2D eigenvalue weighted by atomic mass is 10.0. The molecule has 4 nitrogen and oxygen atoms in total. The van der Waals surface area contributed by atoms with Crippen LogP contribution in [0.1, 0.15) is 13.3 Å². The molecule has 1 heterocycles. The van der Waals surface area contributed by atoms with Gasteiger partial charge in [0, 0.05) is 12.2 Å². The van der Waals surface area contributed by atoms with Gasteiger partial charge >= 0.3 is 0 Å². The van der Waals surface area contributed by atoms with Crippen LogP contribution in [0.5, 0.6) is 0 Å². The molecule has 1 rings (SSSR count). The van der Waals surface area contributed by atoms with Crippen molar-refractivity contribution in [3.63, 3.8) is 0 Å². The molecule has 15 heavy (non-hydrogen) atoms. The zero-order chi connectivity index (χ0) is 11.4. The van der Waals surface area contributed by atoms with Crippen molar-refractivity contribution in [2.45, 2.75) is 37.1 Å². The minimum Gasteiger partial charge on any atom is -0.394 e. The molecule has 0 amide bonds. The first-order valence-electron chi connectivity index (χ1n) is 4.93. The summed E-state index contributed by atoms with van der Waals surface area (Å²) in [6.45, 7) is 5.51. The second kappa shape index (κ2) is 5.86. The standard InChI is InChI=1S/C10H18O4S/c1-6(2)5-15-10-9(13)8(12)3-7(4-11)14-10/h7-13H,1,3-5H2,2H3/t7?,8?,9-,10?/m1/s1. The highest BCUT2D eigenvalue weighted by Gasteiger charge is 2.36. The second-order valence-corrected chi connectivity index (χ2v) is 4.96. The van der Waals surface area contributed by atoms with Gasteiger partial charge in [-0.05, 0) is 6.92 Å². The minimum absolute atomic E-state index is 0.131. The molecule has 0 aliphatic carbocycles. The average molecular weight is 234 g/mol. The predicted octanol–water partition coefficient (Wildman–Crippen LogP) is 0.125. The number of aliphatic hydroxyl groups is 3. The second-order valence-electron chi connectivity index (χ2n) is 3.87. The van der Waals surface area contributed by atoms with Gasteiger partial charge < -0.3 is 20.1 Å². The summed E-state index contributed by atoms with van der Waals surface area (Å²) in [7, 11) is 0. The van der Waals surface area contributed by atoms with Crippen LogP contribution in [0.2, 0.25) is 0 Å². The quantitative estimate of drug-likeness (QED) is 0.603. The van der Waals surface area contributed by atoms with Crippen molar-refractivity contribution in [3.8, 4) is 0 Å². The summed E-state index contributed by atoms with van der Waals surface area (Å²) >= 11 is 1.39. The smallest absolute Gasteiger partial charge is 0.132 e. The molecule has 0 saturated carbocycles. The fraction of sp³-hybridized carbons (Fsp3) is 0.800. The van der Waals surface area contributed by atoms with Crippen molar-refractivity contribution in [3.05, 3.63) is 12.2 Å². The Labute approximate surface area is 93.9 Å². The Hall–Kier alpha value is -0.0700. The van der Waals surface area contributed by atoms with E-state index in [1.807, 2.05) is 6.92 Å². The first kappa shape index (κ1) is 13.0. The van der Waals surface area contributed by atoms with E-state index in [0.29, 0.717) is 5.75 Å². The van der Waals surface area contributed by atoms with Gasteiger partial charge in [-0.15, -0.1) is 11.8 Å². The Bertz CT molecular complexity index is 221. The number of hydrogen-bond donors (Lipinski definition) is 3. The lowest BCUT2D eigenvalue weighted by Gasteiger charge is -2.36. The third kappa shape index (κ3) is 3.77. The number of ether oxygens (including phenoxy) is 1. The first-order chi connectivity index (χ1) is 7.04. The van der Waals surface area contributed by atoms with Gasteiger partial charge in [0.1, 0.15) is 11.5 Å². The van der Waals surface area contributed by atoms with Crippen LogP contribution in [-0.2, 0) is 4.74 Å². The molecule has 1 saturated heterocycles. The Morgan fingerprint density at radius 1 is 1.53 bits per heavy atom. The summed E-state index contributed by atoms with van der Waals surface area (Å²) in [5.74, 6) is 0.673. The molecule has 88 valence electrons. The van der Waals surface area contributed by atoms with Crippen LogP contribution in [0.25, 0.3) is 0 Å². The Balaban J connectivity index is 2.48. The number of rotatable bonds is 4. The minimum atomic E-state index is -0.892. The van der Waals surface area contributed by atoms with Crippen molar-refractivity contribution in [2.75, 3.05) is 12.4 Å². The topological polar surface area (TPSA) is 69.9 Å². The zero-order valence-electron chi connectivity index (χ0n) is 8.80. The van der Waals surface area contributed by atoms with Gasteiger partial charge in [0.25, 0.3) is 0 Å². The van der Waals surface area contributed by atoms with E-state index >= 15 is 0 Å². The summed E-state index contributed by atoms with van der Waals surface area (Å²) in [5.41, 5.74) is 0.499. The Morgan fingerprint density at radius 3 is 2.73 bits per heavy atom. The van der Waals surface area contributed by atoms with E-state index < -0.39 is 17.6 Å². The van der Waals surface area contributed by atoms with Gasteiger partial charge in [0.05, 0.1) is 18.8 Å². The van der Waals surface area contributed by atoms with E-state index in [4.69, 9.17) is 9.84 Å². The largest absolute Gasteiger partial charge is 0.394 e. The summed E-state index contributed by atoms with van der Waals surface area (Å²) in [4.78, 5) is 0. The molecule has 0 aromatic carbocycles. The number of aliphatic hydroxyl groups excluding tert-OH is 3. The maximum Gasteiger partial charge on any atom is 0.132 e. The lowest BCUT2D eigenvalue weighted by molar-refractivity contribution is -0.145. The first-order valence-corrected chi connectivity index (χ1v) is 5.98. The molecule has 0 radical (unpaired) electrons. The van der Waals surface area contributed by atoms with E-state index in [0.717, 1.165) is 5.57 Å². The van der Waals surface area contributed by atoms with Gasteiger partial charge in [-0.3, -0.25) is 0 Å². The summed E-state index contributed by atoms with van der Waals surface area (Å²) in [6.07, 6.45) is -1.82. The molecule has 1 aliphatic rings. The average Bonchev–Trinajstić information content (AvgIpc) is 2.19. The molecular weight excluding hydrogens is 216 g/mol. The van der Waals surface area contributed by atoms with Gasteiger partial charge in [-0.2, -0.15) is 0 Å². The fourth-order valence-electron chi connectivity index (χ4n) is 1.40. The highest BCUT2D eigenvalue weighted by molar-refractivity contribution is 7.99. The molecule has 1 fully saturated rings. The molecule has 5 heteroatoms. The van der Waals surface area contributed by atoms with Crippen molar-refractivity contribution >= 4 is 11.8 Å². The third-order valence-electron chi connectivity index (χ3n) is 2.20. The molecule has 0 aromatic heterocycles. The van der Waals surface area contributed by atoms with Crippen molar-refractivity contribution < 1.29 is 20.1 Å². The van der Waals surface area contributed by atoms with Crippen LogP contribution in [0.3, 0.4) is 0 Å². The number of hydrogen-bond acceptors (Lipinski definition) is 5. The zero-order valence-corrected chi connectivity index (χ0v) is 9.61. The van der Waals surface area contributed by atoms with Crippen LogP contribution in [0.4, 0.5) is 0 Å². The normalized spacial score (nSPS) is 36.5. The Morgan fingerprint density at radius 2 is 2.20 bits per heavy atom. The van der Waals surface area contributed by atoms with Gasteiger partial charge in [-0.25, -0.2) is 0 Å². The lowest BCUT2D eigenvalue weighted by Crippen LogP contribution is -2.47. The van der Waals surface area contributed by atoms with Crippen molar-refractivity contribution in [2.24, 2.45) is 0 Å². The highest BCUT2D eigenvalue weighted by Crippen LogP contribution is 2.28. The monoisotopic (exact) mass is 234 g/mol. The molecule has 3 N–H and O–H groups in total. The van der Waals surface area contributed by atoms with Gasteiger partial charge in [0.15, 0.2) is 0 Å². The molecule has 0 bridgehead atoms. The maximum absolute atomic E-state index is 9.66. The highest BCUT2D eigenvalue weighted by atomic mass is 32.2. The van der Waals surface area contributed by atoms with Crippen LogP contribution in [-0.4, -0.2) is 51.4 Å². The molecule has 1 aliphatic heterocycles. The van der Waals surface area contributed by atoms with Crippen LogP contribution in [0.15, 0.2) is 12.2 Å². The van der Waals surface area contributed by atoms with Gasteiger partial charge in [0.2, 0.25) is 0 Å². The third-order valence-corrected chi connectivity index (χ3v) is 3.58. The molecule has 0 spiro atoms. The SMILES string of the molecule is C=C(C)CSC1OC(CO)CC(O)[C@H]1O. The maximum atomic E-state index is 9.66. The predicted molar refractivity (Wildman–Crippen MR) is 59.6 cm³/mol. The van der Waals surface area contributed by atoms with Crippen LogP contribution in [0, 0.1) is 0 Å². The molecule has 3 unspecified atom stereocenters. The van der Waals surface area contributed by atoms with Crippen LogP contribution >= 0.6 is 11.8 Å². The van der Waals surface area contributed by atoms with E-state index in [1.165, 1.54) is 11.8 Å². The number of thioether (sulfide) groups is 1. The Kier molecular flexibility index (Phi) is 5.08. The van der Waals surface area contributed by atoms with Crippen molar-refractivity contribution in [1.82, 2.24) is 0 Å². The molecule has 0 aromatic rings. The van der Waals surface area contributed by atoms with Crippen LogP contribution < -0.4 is 0 Å². The molecular formula is C10H18O4S. The van der Waals surface area contributed by atoms with E-state index in [9.17, 15) is 10.2 Å².